The van der Waals surface area contributed by atoms with Gasteiger partial charge in [-0.15, -0.1) is 4.59 Å². The first-order chi connectivity index (χ1) is 18.5. The Hall–Kier alpha value is -3.54. The van der Waals surface area contributed by atoms with Crippen LogP contribution in [0.3, 0.4) is 0 Å². The number of aliphatic carboxylic acids is 1. The summed E-state index contributed by atoms with van der Waals surface area (Å²) in [6.07, 6.45) is -2.48. The number of hydrogen-bond acceptors (Lipinski definition) is 9. The van der Waals surface area contributed by atoms with Crippen molar-refractivity contribution in [3.8, 4) is 0 Å². The Labute approximate surface area is 231 Å². The van der Waals surface area contributed by atoms with Gasteiger partial charge in [0, 0.05) is 32.3 Å². The predicted molar refractivity (Wildman–Crippen MR) is 137 cm³/mol. The zero-order valence-electron chi connectivity index (χ0n) is 22.0. The lowest BCUT2D eigenvalue weighted by molar-refractivity contribution is -1.45. The van der Waals surface area contributed by atoms with Crippen LogP contribution in [0.1, 0.15) is 50.7 Å². The molecule has 1 fully saturated rings. The number of carbonyl (C=O) groups excluding carboxylic acids is 5. The first-order valence-electron chi connectivity index (χ1n) is 12.6. The van der Waals surface area contributed by atoms with E-state index < -0.39 is 62.5 Å². The fourth-order valence-corrected chi connectivity index (χ4v) is 6.32. The summed E-state index contributed by atoms with van der Waals surface area (Å²) in [5, 5.41) is 25.3. The van der Waals surface area contributed by atoms with Crippen molar-refractivity contribution in [2.24, 2.45) is 0 Å². The Morgan fingerprint density at radius 2 is 1.51 bits per heavy atom. The molecule has 2 amide bonds. The molecule has 1 aliphatic heterocycles. The van der Waals surface area contributed by atoms with Crippen LogP contribution in [-0.2, 0) is 37.1 Å². The largest absolute Gasteiger partial charge is 0.544 e. The number of carboxylic acid groups (broad SMARTS) is 2. The normalized spacial score (nSPS) is 24.5. The molecule has 10 nitrogen and oxygen atoms in total. The molecule has 0 saturated carbocycles. The maximum Gasteiger partial charge on any atom is 0.363 e. The third-order valence-electron chi connectivity index (χ3n) is 7.38. The fraction of sp³-hybridized carbons (Fsp3) is 0.393. The molecule has 0 aliphatic carbocycles. The molecular weight excluding hydrogens is 524 g/mol. The second-order valence-electron chi connectivity index (χ2n) is 9.80. The van der Waals surface area contributed by atoms with E-state index in [4.69, 9.17) is 4.74 Å². The molecule has 39 heavy (non-hydrogen) atoms. The molecule has 0 aromatic heterocycles. The molecule has 3 atom stereocenters. The van der Waals surface area contributed by atoms with Crippen LogP contribution in [0.15, 0.2) is 60.7 Å². The summed E-state index contributed by atoms with van der Waals surface area (Å²) in [7, 11) is 0. The van der Waals surface area contributed by atoms with Crippen LogP contribution in [-0.4, -0.2) is 56.2 Å². The van der Waals surface area contributed by atoms with Gasteiger partial charge in [0.15, 0.2) is 23.1 Å². The van der Waals surface area contributed by atoms with Crippen molar-refractivity contribution < 1.29 is 48.1 Å². The quantitative estimate of drug-likeness (QED) is 0.316. The van der Waals surface area contributed by atoms with Crippen molar-refractivity contribution in [1.29, 1.82) is 0 Å². The monoisotopic (exact) mass is 556 g/mol. The topological polar surface area (TPSA) is 141 Å². The summed E-state index contributed by atoms with van der Waals surface area (Å²) in [6, 6.07) is 17.4. The van der Waals surface area contributed by atoms with Crippen LogP contribution in [0, 0.1) is 0 Å². The molecule has 3 unspecified atom stereocenters. The van der Waals surface area contributed by atoms with Crippen molar-refractivity contribution in [1.82, 2.24) is 0 Å². The molecule has 0 spiro atoms. The summed E-state index contributed by atoms with van der Waals surface area (Å²) in [5.74, 6) is -3.64. The lowest BCUT2D eigenvalue weighted by Crippen LogP contribution is -2.89. The van der Waals surface area contributed by atoms with Gasteiger partial charge in [0.25, 0.3) is 0 Å². The number of quaternary nitrogens is 2. The highest BCUT2D eigenvalue weighted by Crippen LogP contribution is 2.46. The average molecular weight is 557 g/mol. The number of benzene rings is 2. The zero-order valence-corrected chi connectivity index (χ0v) is 22.8. The lowest BCUT2D eigenvalue weighted by Gasteiger charge is -2.60. The second kappa shape index (κ2) is 12.5. The van der Waals surface area contributed by atoms with Crippen LogP contribution in [0.2, 0.25) is 0 Å². The molecule has 11 heteroatoms. The summed E-state index contributed by atoms with van der Waals surface area (Å²) in [6.45, 7) is 2.11. The van der Waals surface area contributed by atoms with Gasteiger partial charge in [0.2, 0.25) is 0 Å². The van der Waals surface area contributed by atoms with Crippen molar-refractivity contribution >= 4 is 40.8 Å². The highest BCUT2D eigenvalue weighted by Gasteiger charge is 2.70. The van der Waals surface area contributed by atoms with Gasteiger partial charge in [-0.25, -0.2) is 4.79 Å². The van der Waals surface area contributed by atoms with E-state index in [0.29, 0.717) is 17.3 Å². The molecule has 0 bridgehead atoms. The van der Waals surface area contributed by atoms with Gasteiger partial charge in [0.1, 0.15) is 19.1 Å². The van der Waals surface area contributed by atoms with Crippen LogP contribution in [0.4, 0.5) is 4.79 Å². The van der Waals surface area contributed by atoms with Crippen molar-refractivity contribution in [3.05, 3.63) is 71.8 Å². The van der Waals surface area contributed by atoms with E-state index in [9.17, 15) is 34.2 Å². The van der Waals surface area contributed by atoms with Crippen LogP contribution < -0.4 is 10.2 Å². The van der Waals surface area contributed by atoms with Gasteiger partial charge in [-0.2, -0.15) is 0 Å². The molecule has 2 aromatic rings. The molecule has 208 valence electrons. The van der Waals surface area contributed by atoms with E-state index >= 15 is 0 Å². The van der Waals surface area contributed by atoms with Crippen molar-refractivity contribution in [2.45, 2.75) is 58.2 Å². The second-order valence-corrected chi connectivity index (χ2v) is 10.9. The van der Waals surface area contributed by atoms with E-state index in [1.165, 1.54) is 13.8 Å². The Kier molecular flexibility index (Phi) is 9.65. The fourth-order valence-electron chi connectivity index (χ4n) is 5.30. The molecule has 2 aromatic carbocycles. The van der Waals surface area contributed by atoms with Crippen LogP contribution >= 0.6 is 11.8 Å². The number of carbonyl (C=O) groups is 5. The number of esters is 1. The van der Waals surface area contributed by atoms with Gasteiger partial charge >= 0.3 is 18.0 Å². The minimum Gasteiger partial charge on any atom is -0.544 e. The minimum atomic E-state index is -2.03. The van der Waals surface area contributed by atoms with Crippen molar-refractivity contribution in [2.75, 3.05) is 12.4 Å². The molecule has 0 radical (unpaired) electrons. The van der Waals surface area contributed by atoms with Gasteiger partial charge in [-0.1, -0.05) is 65.3 Å². The van der Waals surface area contributed by atoms with E-state index in [1.54, 1.807) is 54.6 Å². The standard InChI is InChI=1S/C28H32N2O8S/c1-21(31)39-20-30(24(32)14-15-25(33)38-19-23-12-7-4-8-13-23)28(2,26(34)35)16-9-17-29(30,27(36)37)18-22-10-5-3-6-11-22/h3-8,10-13H,9,14-20H2,1-2H3. The Balaban J connectivity index is 2.04. The SMILES string of the molecule is CC(=O)SC[N+]1(C(=O)CCC(=O)OCc2ccccc2)C(C)(C(=O)[O-])CCC[N+]1(Cc1ccccc1)C(=O)[O-]. The van der Waals surface area contributed by atoms with Gasteiger partial charge in [-0.3, -0.25) is 9.59 Å². The highest BCUT2D eigenvalue weighted by atomic mass is 32.2. The smallest absolute Gasteiger partial charge is 0.363 e. The van der Waals surface area contributed by atoms with Gasteiger partial charge in [0.05, 0.1) is 12.8 Å². The Morgan fingerprint density at radius 3 is 2.05 bits per heavy atom. The Morgan fingerprint density at radius 1 is 0.923 bits per heavy atom. The number of thioether (sulfide) groups is 1. The minimum absolute atomic E-state index is 0.0160. The maximum absolute atomic E-state index is 14.2. The van der Waals surface area contributed by atoms with E-state index in [0.717, 1.165) is 5.56 Å². The van der Waals surface area contributed by atoms with Crippen LogP contribution in [0.5, 0.6) is 0 Å². The number of amides is 2. The summed E-state index contributed by atoms with van der Waals surface area (Å²) < 4.78 is 3.00. The number of rotatable bonds is 10. The highest BCUT2D eigenvalue weighted by molar-refractivity contribution is 8.13. The maximum atomic E-state index is 14.2. The van der Waals surface area contributed by atoms with E-state index in [2.05, 4.69) is 0 Å². The summed E-state index contributed by atoms with van der Waals surface area (Å²) in [4.78, 5) is 64.6. The summed E-state index contributed by atoms with van der Waals surface area (Å²) in [5.41, 5.74) is -0.745. The lowest BCUT2D eigenvalue weighted by atomic mass is 9.88. The van der Waals surface area contributed by atoms with Crippen molar-refractivity contribution in [3.63, 3.8) is 0 Å². The molecule has 0 N–H and O–H groups in total. The third-order valence-corrected chi connectivity index (χ3v) is 8.29. The van der Waals surface area contributed by atoms with E-state index in [1.807, 2.05) is 6.07 Å². The molecular formula is C28H32N2O8S. The first kappa shape index (κ1) is 30.0. The zero-order chi connectivity index (χ0) is 28.7. The van der Waals surface area contributed by atoms with Gasteiger partial charge < -0.3 is 24.5 Å². The molecule has 1 saturated heterocycles. The summed E-state index contributed by atoms with van der Waals surface area (Å²) >= 11 is 0.655. The molecule has 1 aliphatic rings. The van der Waals surface area contributed by atoms with E-state index in [-0.39, 0.29) is 32.5 Å². The van der Waals surface area contributed by atoms with Crippen LogP contribution in [0.25, 0.3) is 0 Å². The predicted octanol–water partition coefficient (Wildman–Crippen LogP) is 1.67. The number of ether oxygens (including phenoxy) is 1. The number of nitrogens with zero attached hydrogens (tertiary/aromatic N) is 2. The number of carboxylic acids is 1. The average Bonchev–Trinajstić information content (AvgIpc) is 2.91. The molecule has 1 heterocycles. The molecule has 3 rings (SSSR count). The first-order valence-corrected chi connectivity index (χ1v) is 13.6. The van der Waals surface area contributed by atoms with Gasteiger partial charge in [-0.05, 0) is 17.3 Å². The third kappa shape index (κ3) is 6.05. The Bertz CT molecular complexity index is 1220. The number of hydrogen-bond donors (Lipinski definition) is 0.